The largest absolute Gasteiger partial charge is 0.387 e. The van der Waals surface area contributed by atoms with Crippen LogP contribution in [0.4, 0.5) is 0 Å². The Kier molecular flexibility index (Phi) is 5.16. The van der Waals surface area contributed by atoms with Crippen LogP contribution in [0.2, 0.25) is 0 Å². The molecule has 0 spiro atoms. The molecule has 0 radical (unpaired) electrons. The Hall–Kier alpha value is -1.38. The van der Waals surface area contributed by atoms with Crippen LogP contribution in [0.15, 0.2) is 42.5 Å². The SMILES string of the molecule is CCCN(CC(O)c1cccc2ccccc12)C(C)C. The summed E-state index contributed by atoms with van der Waals surface area (Å²) >= 11 is 0. The van der Waals surface area contributed by atoms with Crippen molar-refractivity contribution in [2.75, 3.05) is 13.1 Å². The summed E-state index contributed by atoms with van der Waals surface area (Å²) < 4.78 is 0. The minimum absolute atomic E-state index is 0.435. The Labute approximate surface area is 122 Å². The Morgan fingerprint density at radius 3 is 2.45 bits per heavy atom. The van der Waals surface area contributed by atoms with Gasteiger partial charge in [-0.25, -0.2) is 0 Å². The molecule has 0 aliphatic heterocycles. The minimum Gasteiger partial charge on any atom is -0.387 e. The highest BCUT2D eigenvalue weighted by atomic mass is 16.3. The maximum Gasteiger partial charge on any atom is 0.0923 e. The van der Waals surface area contributed by atoms with Gasteiger partial charge < -0.3 is 5.11 Å². The minimum atomic E-state index is -0.435. The van der Waals surface area contributed by atoms with Gasteiger partial charge in [0.05, 0.1) is 6.10 Å². The quantitative estimate of drug-likeness (QED) is 0.858. The molecular weight excluding hydrogens is 246 g/mol. The first-order chi connectivity index (χ1) is 9.63. The van der Waals surface area contributed by atoms with Gasteiger partial charge in [-0.15, -0.1) is 0 Å². The molecule has 1 unspecified atom stereocenters. The highest BCUT2D eigenvalue weighted by molar-refractivity contribution is 5.85. The molecule has 2 heteroatoms. The standard InChI is InChI=1S/C18H25NO/c1-4-12-19(14(2)3)13-18(20)17-11-7-9-15-8-5-6-10-16(15)17/h5-11,14,18,20H,4,12-13H2,1-3H3. The second-order valence-corrected chi connectivity index (χ2v) is 5.67. The number of rotatable bonds is 6. The highest BCUT2D eigenvalue weighted by Gasteiger charge is 2.17. The number of aliphatic hydroxyl groups excluding tert-OH is 1. The number of aliphatic hydroxyl groups is 1. The normalized spacial score (nSPS) is 13.3. The van der Waals surface area contributed by atoms with Crippen molar-refractivity contribution in [2.45, 2.75) is 39.3 Å². The summed E-state index contributed by atoms with van der Waals surface area (Å²) in [4.78, 5) is 2.34. The monoisotopic (exact) mass is 271 g/mol. The molecule has 0 saturated heterocycles. The topological polar surface area (TPSA) is 23.5 Å². The molecule has 0 saturated carbocycles. The van der Waals surface area contributed by atoms with Crippen LogP contribution in [0.3, 0.4) is 0 Å². The Bertz CT molecular complexity index is 545. The van der Waals surface area contributed by atoms with Crippen molar-refractivity contribution in [1.29, 1.82) is 0 Å². The summed E-state index contributed by atoms with van der Waals surface area (Å²) in [5, 5.41) is 13.0. The fourth-order valence-electron chi connectivity index (χ4n) is 2.71. The van der Waals surface area contributed by atoms with Crippen LogP contribution in [0, 0.1) is 0 Å². The van der Waals surface area contributed by atoms with E-state index in [1.807, 2.05) is 24.3 Å². The average Bonchev–Trinajstić information content (AvgIpc) is 2.46. The van der Waals surface area contributed by atoms with Gasteiger partial charge in [0, 0.05) is 12.6 Å². The van der Waals surface area contributed by atoms with Gasteiger partial charge in [0.25, 0.3) is 0 Å². The molecule has 2 aromatic carbocycles. The van der Waals surface area contributed by atoms with Gasteiger partial charge in [-0.1, -0.05) is 49.4 Å². The summed E-state index contributed by atoms with van der Waals surface area (Å²) in [6, 6.07) is 14.9. The van der Waals surface area contributed by atoms with Crippen molar-refractivity contribution in [2.24, 2.45) is 0 Å². The van der Waals surface area contributed by atoms with E-state index in [0.29, 0.717) is 12.6 Å². The fraction of sp³-hybridized carbons (Fsp3) is 0.444. The van der Waals surface area contributed by atoms with Crippen molar-refractivity contribution < 1.29 is 5.11 Å². The van der Waals surface area contributed by atoms with E-state index in [0.717, 1.165) is 23.9 Å². The smallest absolute Gasteiger partial charge is 0.0923 e. The van der Waals surface area contributed by atoms with Crippen molar-refractivity contribution in [1.82, 2.24) is 4.90 Å². The Morgan fingerprint density at radius 1 is 1.05 bits per heavy atom. The molecule has 0 amide bonds. The first-order valence-corrected chi connectivity index (χ1v) is 7.53. The number of benzene rings is 2. The number of nitrogens with zero attached hydrogens (tertiary/aromatic N) is 1. The predicted octanol–water partition coefficient (Wildman–Crippen LogP) is 3.99. The zero-order valence-electron chi connectivity index (χ0n) is 12.7. The third-order valence-corrected chi connectivity index (χ3v) is 3.83. The molecule has 0 aliphatic rings. The zero-order valence-corrected chi connectivity index (χ0v) is 12.7. The lowest BCUT2D eigenvalue weighted by atomic mass is 10.00. The second-order valence-electron chi connectivity index (χ2n) is 5.67. The van der Waals surface area contributed by atoms with Gasteiger partial charge in [-0.2, -0.15) is 0 Å². The van der Waals surface area contributed by atoms with Gasteiger partial charge in [0.2, 0.25) is 0 Å². The molecule has 2 rings (SSSR count). The highest BCUT2D eigenvalue weighted by Crippen LogP contribution is 2.25. The van der Waals surface area contributed by atoms with E-state index < -0.39 is 6.10 Å². The molecule has 1 N–H and O–H groups in total. The van der Waals surface area contributed by atoms with E-state index in [4.69, 9.17) is 0 Å². The first kappa shape index (κ1) is 15.0. The fourth-order valence-corrected chi connectivity index (χ4v) is 2.71. The van der Waals surface area contributed by atoms with Gasteiger partial charge >= 0.3 is 0 Å². The molecule has 2 nitrogen and oxygen atoms in total. The van der Waals surface area contributed by atoms with Gasteiger partial charge in [0.15, 0.2) is 0 Å². The van der Waals surface area contributed by atoms with Gasteiger partial charge in [-0.05, 0) is 43.1 Å². The van der Waals surface area contributed by atoms with E-state index in [2.05, 4.69) is 43.9 Å². The van der Waals surface area contributed by atoms with Gasteiger partial charge in [-0.3, -0.25) is 4.90 Å². The summed E-state index contributed by atoms with van der Waals surface area (Å²) in [6.45, 7) is 8.27. The van der Waals surface area contributed by atoms with Crippen molar-refractivity contribution in [3.05, 3.63) is 48.0 Å². The van der Waals surface area contributed by atoms with E-state index in [1.54, 1.807) is 0 Å². The average molecular weight is 271 g/mol. The Morgan fingerprint density at radius 2 is 1.75 bits per heavy atom. The third-order valence-electron chi connectivity index (χ3n) is 3.83. The van der Waals surface area contributed by atoms with Crippen molar-refractivity contribution in [3.63, 3.8) is 0 Å². The van der Waals surface area contributed by atoms with E-state index in [9.17, 15) is 5.11 Å². The number of fused-ring (bicyclic) bond motifs is 1. The van der Waals surface area contributed by atoms with E-state index >= 15 is 0 Å². The van der Waals surface area contributed by atoms with E-state index in [-0.39, 0.29) is 0 Å². The van der Waals surface area contributed by atoms with Crippen LogP contribution in [0.5, 0.6) is 0 Å². The van der Waals surface area contributed by atoms with Crippen LogP contribution in [0.1, 0.15) is 38.9 Å². The van der Waals surface area contributed by atoms with E-state index in [1.165, 1.54) is 5.39 Å². The molecule has 0 heterocycles. The maximum absolute atomic E-state index is 10.6. The summed E-state index contributed by atoms with van der Waals surface area (Å²) in [6.07, 6.45) is 0.676. The number of hydrogen-bond donors (Lipinski definition) is 1. The lowest BCUT2D eigenvalue weighted by Gasteiger charge is -2.28. The molecule has 20 heavy (non-hydrogen) atoms. The van der Waals surface area contributed by atoms with Crippen molar-refractivity contribution in [3.8, 4) is 0 Å². The lowest BCUT2D eigenvalue weighted by molar-refractivity contribution is 0.0965. The van der Waals surface area contributed by atoms with Crippen LogP contribution < -0.4 is 0 Å². The number of hydrogen-bond acceptors (Lipinski definition) is 2. The predicted molar refractivity (Wildman–Crippen MR) is 85.9 cm³/mol. The first-order valence-electron chi connectivity index (χ1n) is 7.53. The maximum atomic E-state index is 10.6. The summed E-state index contributed by atoms with van der Waals surface area (Å²) in [7, 11) is 0. The zero-order chi connectivity index (χ0) is 14.5. The summed E-state index contributed by atoms with van der Waals surface area (Å²) in [5.74, 6) is 0. The summed E-state index contributed by atoms with van der Waals surface area (Å²) in [5.41, 5.74) is 1.03. The third kappa shape index (κ3) is 3.38. The van der Waals surface area contributed by atoms with Crippen LogP contribution in [-0.4, -0.2) is 29.1 Å². The molecular formula is C18H25NO. The molecule has 0 aliphatic carbocycles. The molecule has 108 valence electrons. The molecule has 0 aromatic heterocycles. The molecule has 1 atom stereocenters. The van der Waals surface area contributed by atoms with Crippen LogP contribution in [-0.2, 0) is 0 Å². The second kappa shape index (κ2) is 6.87. The Balaban J connectivity index is 2.24. The van der Waals surface area contributed by atoms with Crippen molar-refractivity contribution >= 4 is 10.8 Å². The molecule has 0 bridgehead atoms. The molecule has 0 fully saturated rings. The molecule has 2 aromatic rings. The lowest BCUT2D eigenvalue weighted by Crippen LogP contribution is -2.35. The van der Waals surface area contributed by atoms with Crippen LogP contribution in [0.25, 0.3) is 10.8 Å². The van der Waals surface area contributed by atoms with Crippen LogP contribution >= 0.6 is 0 Å². The van der Waals surface area contributed by atoms with Gasteiger partial charge in [0.1, 0.15) is 0 Å².